The standard InChI is InChI=1S/C6H13NO3/c7-4-1-3(8)2-5(9)6(4)10/h3-6,8-10H,1-2,7H2. The van der Waals surface area contributed by atoms with Crippen molar-refractivity contribution in [1.29, 1.82) is 0 Å². The third-order valence-corrected chi connectivity index (χ3v) is 1.89. The van der Waals surface area contributed by atoms with Gasteiger partial charge in [-0.3, -0.25) is 0 Å². The zero-order chi connectivity index (χ0) is 7.72. The van der Waals surface area contributed by atoms with Gasteiger partial charge in [0.1, 0.15) is 0 Å². The second kappa shape index (κ2) is 2.84. The van der Waals surface area contributed by atoms with E-state index in [1.54, 1.807) is 0 Å². The largest absolute Gasteiger partial charge is 0.393 e. The molecule has 1 aliphatic rings. The van der Waals surface area contributed by atoms with Crippen LogP contribution in [-0.2, 0) is 0 Å². The number of aliphatic hydroxyl groups excluding tert-OH is 3. The summed E-state index contributed by atoms with van der Waals surface area (Å²) in [5.41, 5.74) is 5.39. The predicted octanol–water partition coefficient (Wildman–Crippen LogP) is -1.81. The molecule has 1 fully saturated rings. The molecular formula is C6H13NO3. The normalized spacial score (nSPS) is 49.2. The third kappa shape index (κ3) is 1.46. The molecular weight excluding hydrogens is 134 g/mol. The quantitative estimate of drug-likeness (QED) is 0.325. The van der Waals surface area contributed by atoms with Gasteiger partial charge >= 0.3 is 0 Å². The summed E-state index contributed by atoms with van der Waals surface area (Å²) in [4.78, 5) is 0. The van der Waals surface area contributed by atoms with Gasteiger partial charge < -0.3 is 21.1 Å². The molecule has 0 amide bonds. The van der Waals surface area contributed by atoms with Crippen molar-refractivity contribution in [2.75, 3.05) is 0 Å². The van der Waals surface area contributed by atoms with E-state index in [9.17, 15) is 0 Å². The number of aliphatic hydroxyl groups is 3. The lowest BCUT2D eigenvalue weighted by atomic mass is 9.89. The second-order valence-electron chi connectivity index (χ2n) is 2.85. The van der Waals surface area contributed by atoms with Gasteiger partial charge in [0, 0.05) is 12.5 Å². The fraction of sp³-hybridized carbons (Fsp3) is 1.00. The van der Waals surface area contributed by atoms with E-state index in [0.717, 1.165) is 0 Å². The van der Waals surface area contributed by atoms with Gasteiger partial charge in [-0.1, -0.05) is 0 Å². The maximum Gasteiger partial charge on any atom is 0.0951 e. The molecule has 1 rings (SSSR count). The van der Waals surface area contributed by atoms with Crippen molar-refractivity contribution in [2.45, 2.75) is 37.2 Å². The molecule has 1 aliphatic carbocycles. The molecule has 0 aromatic heterocycles. The van der Waals surface area contributed by atoms with Crippen molar-refractivity contribution in [3.8, 4) is 0 Å². The Kier molecular flexibility index (Phi) is 2.25. The molecule has 4 atom stereocenters. The van der Waals surface area contributed by atoms with Crippen LogP contribution in [0.4, 0.5) is 0 Å². The highest BCUT2D eigenvalue weighted by Crippen LogP contribution is 2.17. The van der Waals surface area contributed by atoms with Crippen LogP contribution in [0.15, 0.2) is 0 Å². The second-order valence-corrected chi connectivity index (χ2v) is 2.85. The third-order valence-electron chi connectivity index (χ3n) is 1.89. The minimum atomic E-state index is -0.872. The molecule has 4 unspecified atom stereocenters. The lowest BCUT2D eigenvalue weighted by Gasteiger charge is -2.32. The summed E-state index contributed by atoms with van der Waals surface area (Å²) in [5, 5.41) is 27.1. The van der Waals surface area contributed by atoms with Crippen LogP contribution in [0.5, 0.6) is 0 Å². The van der Waals surface area contributed by atoms with Crippen molar-refractivity contribution in [3.05, 3.63) is 0 Å². The van der Waals surface area contributed by atoms with Gasteiger partial charge in [-0.05, 0) is 6.42 Å². The van der Waals surface area contributed by atoms with E-state index in [0.29, 0.717) is 6.42 Å². The molecule has 0 aromatic carbocycles. The van der Waals surface area contributed by atoms with E-state index >= 15 is 0 Å². The fourth-order valence-electron chi connectivity index (χ4n) is 1.25. The summed E-state index contributed by atoms with van der Waals surface area (Å²) in [7, 11) is 0. The number of hydrogen-bond acceptors (Lipinski definition) is 4. The van der Waals surface area contributed by atoms with Crippen LogP contribution in [0, 0.1) is 0 Å². The van der Waals surface area contributed by atoms with Gasteiger partial charge in [0.05, 0.1) is 18.3 Å². The van der Waals surface area contributed by atoms with Crippen molar-refractivity contribution in [1.82, 2.24) is 0 Å². The Hall–Kier alpha value is -0.160. The van der Waals surface area contributed by atoms with Gasteiger partial charge in [0.25, 0.3) is 0 Å². The summed E-state index contributed by atoms with van der Waals surface area (Å²) in [6.07, 6.45) is -1.69. The Bertz CT molecular complexity index is 108. The van der Waals surface area contributed by atoms with Crippen molar-refractivity contribution in [3.63, 3.8) is 0 Å². The molecule has 0 bridgehead atoms. The van der Waals surface area contributed by atoms with Crippen LogP contribution in [0.1, 0.15) is 12.8 Å². The topological polar surface area (TPSA) is 86.7 Å². The summed E-state index contributed by atoms with van der Waals surface area (Å²) < 4.78 is 0. The zero-order valence-electron chi connectivity index (χ0n) is 5.64. The van der Waals surface area contributed by atoms with Crippen LogP contribution in [-0.4, -0.2) is 39.7 Å². The van der Waals surface area contributed by atoms with Gasteiger partial charge in [0.15, 0.2) is 0 Å². The minimum absolute atomic E-state index is 0.231. The fourth-order valence-corrected chi connectivity index (χ4v) is 1.25. The van der Waals surface area contributed by atoms with Gasteiger partial charge in [-0.25, -0.2) is 0 Å². The van der Waals surface area contributed by atoms with Gasteiger partial charge in [-0.15, -0.1) is 0 Å². The first kappa shape index (κ1) is 7.94. The molecule has 0 aliphatic heterocycles. The molecule has 10 heavy (non-hydrogen) atoms. The van der Waals surface area contributed by atoms with Crippen LogP contribution < -0.4 is 5.73 Å². The number of nitrogens with two attached hydrogens (primary N) is 1. The lowest BCUT2D eigenvalue weighted by Crippen LogP contribution is -2.50. The maximum absolute atomic E-state index is 9.08. The first-order valence-electron chi connectivity index (χ1n) is 3.41. The Morgan fingerprint density at radius 3 is 2.20 bits per heavy atom. The lowest BCUT2D eigenvalue weighted by molar-refractivity contribution is -0.0605. The van der Waals surface area contributed by atoms with E-state index in [1.165, 1.54) is 0 Å². The summed E-state index contributed by atoms with van der Waals surface area (Å²) in [6.45, 7) is 0. The van der Waals surface area contributed by atoms with Crippen molar-refractivity contribution in [2.24, 2.45) is 5.73 Å². The number of rotatable bonds is 0. The Balaban J connectivity index is 2.49. The Morgan fingerprint density at radius 1 is 1.10 bits per heavy atom. The van der Waals surface area contributed by atoms with Crippen LogP contribution in [0.3, 0.4) is 0 Å². The zero-order valence-corrected chi connectivity index (χ0v) is 5.64. The maximum atomic E-state index is 9.08. The molecule has 4 heteroatoms. The molecule has 4 nitrogen and oxygen atoms in total. The van der Waals surface area contributed by atoms with E-state index in [1.807, 2.05) is 0 Å². The van der Waals surface area contributed by atoms with E-state index in [4.69, 9.17) is 21.1 Å². The SMILES string of the molecule is NC1CC(O)CC(O)C1O. The first-order chi connectivity index (χ1) is 4.61. The van der Waals surface area contributed by atoms with Crippen LogP contribution >= 0.6 is 0 Å². The smallest absolute Gasteiger partial charge is 0.0951 e. The number of hydrogen-bond donors (Lipinski definition) is 4. The molecule has 5 N–H and O–H groups in total. The van der Waals surface area contributed by atoms with Crippen LogP contribution in [0.25, 0.3) is 0 Å². The Labute approximate surface area is 59.3 Å². The molecule has 0 spiro atoms. The summed E-state index contributed by atoms with van der Waals surface area (Å²) in [5.74, 6) is 0. The molecule has 0 radical (unpaired) electrons. The van der Waals surface area contributed by atoms with E-state index in [2.05, 4.69) is 0 Å². The van der Waals surface area contributed by atoms with E-state index in [-0.39, 0.29) is 6.42 Å². The average molecular weight is 147 g/mol. The first-order valence-corrected chi connectivity index (χ1v) is 3.41. The highest BCUT2D eigenvalue weighted by molar-refractivity contribution is 4.87. The average Bonchev–Trinajstić information content (AvgIpc) is 1.82. The van der Waals surface area contributed by atoms with Crippen molar-refractivity contribution < 1.29 is 15.3 Å². The monoisotopic (exact) mass is 147 g/mol. The van der Waals surface area contributed by atoms with Gasteiger partial charge in [-0.2, -0.15) is 0 Å². The molecule has 1 saturated carbocycles. The molecule has 0 aromatic rings. The van der Waals surface area contributed by atoms with Crippen LogP contribution in [0.2, 0.25) is 0 Å². The Morgan fingerprint density at radius 2 is 1.70 bits per heavy atom. The predicted molar refractivity (Wildman–Crippen MR) is 35.2 cm³/mol. The van der Waals surface area contributed by atoms with Crippen molar-refractivity contribution >= 4 is 0 Å². The van der Waals surface area contributed by atoms with E-state index < -0.39 is 24.4 Å². The summed E-state index contributed by atoms with van der Waals surface area (Å²) >= 11 is 0. The highest BCUT2D eigenvalue weighted by atomic mass is 16.3. The minimum Gasteiger partial charge on any atom is -0.393 e. The molecule has 60 valence electrons. The summed E-state index contributed by atoms with van der Waals surface area (Å²) in [6, 6.07) is -0.487. The highest BCUT2D eigenvalue weighted by Gasteiger charge is 2.32. The molecule has 0 heterocycles. The van der Waals surface area contributed by atoms with Gasteiger partial charge in [0.2, 0.25) is 0 Å². The molecule has 0 saturated heterocycles.